The maximum Gasteiger partial charge on any atom is 0.238 e. The number of fused-ring (bicyclic) bond motifs is 2. The van der Waals surface area contributed by atoms with Crippen LogP contribution in [0.2, 0.25) is 0 Å². The molecule has 7 heteroatoms. The van der Waals surface area contributed by atoms with Gasteiger partial charge in [-0.05, 0) is 44.5 Å². The van der Waals surface area contributed by atoms with Gasteiger partial charge in [-0.15, -0.1) is 0 Å². The van der Waals surface area contributed by atoms with E-state index in [0.29, 0.717) is 17.8 Å². The molecular weight excluding hydrogens is 288 g/mol. The number of benzene rings is 1. The number of anilines is 2. The van der Waals surface area contributed by atoms with Crippen LogP contribution in [0.5, 0.6) is 0 Å². The monoisotopic (exact) mass is 310 g/mol. The highest BCUT2D eigenvalue weighted by Crippen LogP contribution is 2.33. The third-order valence-electron chi connectivity index (χ3n) is 4.82. The van der Waals surface area contributed by atoms with Crippen molar-refractivity contribution < 1.29 is 8.42 Å². The number of nitrogens with two attached hydrogens (primary N) is 2. The first kappa shape index (κ1) is 14.6. The summed E-state index contributed by atoms with van der Waals surface area (Å²) < 4.78 is 23.1. The molecule has 1 aromatic carbocycles. The molecule has 2 unspecified atom stereocenters. The molecule has 0 spiro atoms. The van der Waals surface area contributed by atoms with Gasteiger partial charge in [-0.1, -0.05) is 0 Å². The van der Waals surface area contributed by atoms with Crippen molar-refractivity contribution in [1.29, 1.82) is 0 Å². The van der Waals surface area contributed by atoms with Gasteiger partial charge in [-0.2, -0.15) is 0 Å². The van der Waals surface area contributed by atoms with Crippen LogP contribution >= 0.6 is 0 Å². The van der Waals surface area contributed by atoms with Crippen molar-refractivity contribution in [3.05, 3.63) is 18.2 Å². The summed E-state index contributed by atoms with van der Waals surface area (Å²) in [6, 6.07) is 5.83. The number of likely N-dealkylation sites (N-methyl/N-ethyl adjacent to an activating group) is 1. The van der Waals surface area contributed by atoms with E-state index < -0.39 is 10.0 Å². The van der Waals surface area contributed by atoms with Gasteiger partial charge in [0, 0.05) is 25.2 Å². The smallest absolute Gasteiger partial charge is 0.238 e. The first-order valence-corrected chi connectivity index (χ1v) is 8.80. The molecule has 0 aliphatic carbocycles. The molecular formula is C14H22N4O2S. The Morgan fingerprint density at radius 1 is 1.19 bits per heavy atom. The highest BCUT2D eigenvalue weighted by atomic mass is 32.2. The Morgan fingerprint density at radius 3 is 2.62 bits per heavy atom. The number of rotatable bonds is 2. The molecule has 21 heavy (non-hydrogen) atoms. The lowest BCUT2D eigenvalue weighted by Gasteiger charge is -2.28. The van der Waals surface area contributed by atoms with Crippen LogP contribution < -0.4 is 15.8 Å². The number of hydrogen-bond donors (Lipinski definition) is 2. The Labute approximate surface area is 125 Å². The molecule has 2 heterocycles. The third kappa shape index (κ3) is 2.73. The molecule has 0 amide bonds. The fraction of sp³-hybridized carbons (Fsp3) is 0.571. The molecule has 2 fully saturated rings. The van der Waals surface area contributed by atoms with Crippen molar-refractivity contribution in [1.82, 2.24) is 4.90 Å². The van der Waals surface area contributed by atoms with E-state index in [2.05, 4.69) is 16.8 Å². The van der Waals surface area contributed by atoms with E-state index in [9.17, 15) is 8.42 Å². The van der Waals surface area contributed by atoms with Crippen molar-refractivity contribution in [2.45, 2.75) is 36.2 Å². The summed E-state index contributed by atoms with van der Waals surface area (Å²) in [6.45, 7) is 1.77. The second-order valence-electron chi connectivity index (χ2n) is 6.05. The number of hydrogen-bond acceptors (Lipinski definition) is 5. The Kier molecular flexibility index (Phi) is 3.59. The second kappa shape index (κ2) is 5.15. The van der Waals surface area contributed by atoms with Crippen LogP contribution in [0.25, 0.3) is 0 Å². The zero-order chi connectivity index (χ0) is 15.2. The van der Waals surface area contributed by atoms with Crippen molar-refractivity contribution >= 4 is 21.4 Å². The fourth-order valence-electron chi connectivity index (χ4n) is 3.50. The van der Waals surface area contributed by atoms with Gasteiger partial charge in [0.05, 0.1) is 16.3 Å². The van der Waals surface area contributed by atoms with E-state index in [1.807, 2.05) is 0 Å². The minimum atomic E-state index is -3.70. The summed E-state index contributed by atoms with van der Waals surface area (Å²) in [5.41, 5.74) is 7.44. The van der Waals surface area contributed by atoms with E-state index in [1.54, 1.807) is 12.1 Å². The molecule has 2 atom stereocenters. The topological polar surface area (TPSA) is 92.7 Å². The van der Waals surface area contributed by atoms with Crippen LogP contribution in [0.15, 0.2) is 23.1 Å². The van der Waals surface area contributed by atoms with Gasteiger partial charge in [0.25, 0.3) is 0 Å². The number of primary sulfonamides is 1. The van der Waals surface area contributed by atoms with Crippen molar-refractivity contribution in [3.8, 4) is 0 Å². The zero-order valence-corrected chi connectivity index (χ0v) is 13.0. The average molecular weight is 310 g/mol. The van der Waals surface area contributed by atoms with Crippen LogP contribution in [-0.2, 0) is 10.0 Å². The number of nitrogen functional groups attached to an aromatic ring is 1. The summed E-state index contributed by atoms with van der Waals surface area (Å²) in [7, 11) is -1.53. The molecule has 2 saturated heterocycles. The van der Waals surface area contributed by atoms with Crippen LogP contribution in [0.4, 0.5) is 11.4 Å². The lowest BCUT2D eigenvalue weighted by atomic mass is 10.1. The molecule has 2 aliphatic rings. The molecule has 4 N–H and O–H groups in total. The third-order valence-corrected chi connectivity index (χ3v) is 5.73. The van der Waals surface area contributed by atoms with Gasteiger partial charge < -0.3 is 10.6 Å². The predicted molar refractivity (Wildman–Crippen MR) is 83.6 cm³/mol. The van der Waals surface area contributed by atoms with Crippen molar-refractivity contribution in [2.75, 3.05) is 30.8 Å². The van der Waals surface area contributed by atoms with Gasteiger partial charge in [0.15, 0.2) is 0 Å². The summed E-state index contributed by atoms with van der Waals surface area (Å²) >= 11 is 0. The largest absolute Gasteiger partial charge is 0.397 e. The quantitative estimate of drug-likeness (QED) is 0.780. The summed E-state index contributed by atoms with van der Waals surface area (Å²) in [6.07, 6.45) is 3.51. The van der Waals surface area contributed by atoms with Gasteiger partial charge in [0.2, 0.25) is 10.0 Å². The van der Waals surface area contributed by atoms with Crippen LogP contribution in [-0.4, -0.2) is 45.5 Å². The molecule has 0 radical (unpaired) electrons. The van der Waals surface area contributed by atoms with Crippen LogP contribution in [0.1, 0.15) is 19.3 Å². The highest BCUT2D eigenvalue weighted by Gasteiger charge is 2.35. The average Bonchev–Trinajstić information content (AvgIpc) is 2.63. The zero-order valence-electron chi connectivity index (χ0n) is 12.2. The summed E-state index contributed by atoms with van der Waals surface area (Å²) in [5.74, 6) is 0. The van der Waals surface area contributed by atoms with E-state index in [-0.39, 0.29) is 4.90 Å². The van der Waals surface area contributed by atoms with Gasteiger partial charge >= 0.3 is 0 Å². The van der Waals surface area contributed by atoms with E-state index in [4.69, 9.17) is 10.9 Å². The SMILES string of the molecule is CN1C2CCC1CN(c1cc(S(N)(=O)=O)ccc1N)CC2. The second-order valence-corrected chi connectivity index (χ2v) is 7.61. The molecule has 3 rings (SSSR count). The maximum atomic E-state index is 11.5. The lowest BCUT2D eigenvalue weighted by molar-refractivity contribution is 0.254. The van der Waals surface area contributed by atoms with Crippen LogP contribution in [0.3, 0.4) is 0 Å². The first-order valence-electron chi connectivity index (χ1n) is 7.25. The number of nitrogens with zero attached hydrogens (tertiary/aromatic N) is 2. The molecule has 2 bridgehead atoms. The van der Waals surface area contributed by atoms with E-state index in [1.165, 1.54) is 18.9 Å². The minimum absolute atomic E-state index is 0.120. The first-order chi connectivity index (χ1) is 9.86. The summed E-state index contributed by atoms with van der Waals surface area (Å²) in [4.78, 5) is 4.76. The van der Waals surface area contributed by atoms with Crippen molar-refractivity contribution in [3.63, 3.8) is 0 Å². The molecule has 116 valence electrons. The van der Waals surface area contributed by atoms with Crippen LogP contribution in [0, 0.1) is 0 Å². The van der Waals surface area contributed by atoms with E-state index >= 15 is 0 Å². The minimum Gasteiger partial charge on any atom is -0.397 e. The summed E-state index contributed by atoms with van der Waals surface area (Å²) in [5, 5.41) is 5.22. The normalized spacial score (nSPS) is 26.9. The predicted octanol–water partition coefficient (Wildman–Crippen LogP) is 0.589. The maximum absolute atomic E-state index is 11.5. The fourth-order valence-corrected chi connectivity index (χ4v) is 4.04. The lowest BCUT2D eigenvalue weighted by Crippen LogP contribution is -2.37. The molecule has 0 aromatic heterocycles. The Hall–Kier alpha value is -1.31. The Balaban J connectivity index is 1.93. The Bertz CT molecular complexity index is 646. The van der Waals surface area contributed by atoms with Gasteiger partial charge in [-0.3, -0.25) is 4.90 Å². The standard InChI is InChI=1S/C14H22N4O2S/c1-17-10-2-3-11(17)9-18(7-6-10)14-8-12(21(16,19)20)4-5-13(14)15/h4-5,8,10-11H,2-3,6-7,9,15H2,1H3,(H2,16,19,20). The molecule has 1 aromatic rings. The molecule has 6 nitrogen and oxygen atoms in total. The number of sulfonamides is 1. The van der Waals surface area contributed by atoms with Crippen molar-refractivity contribution in [2.24, 2.45) is 5.14 Å². The Morgan fingerprint density at radius 2 is 1.90 bits per heavy atom. The van der Waals surface area contributed by atoms with Gasteiger partial charge in [-0.25, -0.2) is 13.6 Å². The molecule has 2 aliphatic heterocycles. The molecule has 0 saturated carbocycles. The highest BCUT2D eigenvalue weighted by molar-refractivity contribution is 7.89. The van der Waals surface area contributed by atoms with E-state index in [0.717, 1.165) is 25.2 Å². The van der Waals surface area contributed by atoms with Gasteiger partial charge in [0.1, 0.15) is 0 Å².